The number of nitrogens with zero attached hydrogens (tertiary/aromatic N) is 1. The zero-order valence-electron chi connectivity index (χ0n) is 16.1. The lowest BCUT2D eigenvalue weighted by atomic mass is 9.98. The summed E-state index contributed by atoms with van der Waals surface area (Å²) in [4.78, 5) is 12.7. The molecule has 1 saturated heterocycles. The third-order valence-corrected chi connectivity index (χ3v) is 6.81. The normalized spacial score (nSPS) is 17.7. The van der Waals surface area contributed by atoms with Crippen molar-refractivity contribution in [2.45, 2.75) is 24.7 Å². The van der Waals surface area contributed by atoms with Gasteiger partial charge in [0.05, 0.1) is 23.6 Å². The van der Waals surface area contributed by atoms with Crippen LogP contribution in [-0.4, -0.2) is 38.8 Å². The van der Waals surface area contributed by atoms with Crippen LogP contribution in [0.15, 0.2) is 41.3 Å². The van der Waals surface area contributed by atoms with Gasteiger partial charge in [-0.2, -0.15) is 4.31 Å². The van der Waals surface area contributed by atoms with Gasteiger partial charge in [0.15, 0.2) is 0 Å². The molecular formula is C20H22F2N2O4S. The fourth-order valence-corrected chi connectivity index (χ4v) is 4.97. The molecule has 1 heterocycles. The van der Waals surface area contributed by atoms with Crippen LogP contribution in [-0.2, 0) is 14.8 Å². The zero-order chi connectivity index (χ0) is 21.2. The summed E-state index contributed by atoms with van der Waals surface area (Å²) in [6, 6.07) is 7.35. The van der Waals surface area contributed by atoms with Gasteiger partial charge in [0.25, 0.3) is 0 Å². The van der Waals surface area contributed by atoms with Crippen molar-refractivity contribution in [3.63, 3.8) is 0 Å². The van der Waals surface area contributed by atoms with Crippen molar-refractivity contribution in [2.75, 3.05) is 25.5 Å². The van der Waals surface area contributed by atoms with E-state index in [1.54, 1.807) is 13.0 Å². The molecule has 156 valence electrons. The van der Waals surface area contributed by atoms with Crippen LogP contribution in [0.1, 0.15) is 18.4 Å². The summed E-state index contributed by atoms with van der Waals surface area (Å²) in [6.07, 6.45) is 0.939. The minimum Gasteiger partial charge on any atom is -0.496 e. The smallest absolute Gasteiger partial charge is 0.243 e. The van der Waals surface area contributed by atoms with E-state index in [4.69, 9.17) is 4.74 Å². The second-order valence-corrected chi connectivity index (χ2v) is 8.88. The Balaban J connectivity index is 1.76. The van der Waals surface area contributed by atoms with E-state index >= 15 is 0 Å². The lowest BCUT2D eigenvalue weighted by Crippen LogP contribution is -2.43. The minimum atomic E-state index is -3.80. The van der Waals surface area contributed by atoms with E-state index < -0.39 is 33.5 Å². The Kier molecular flexibility index (Phi) is 6.18. The van der Waals surface area contributed by atoms with Crippen molar-refractivity contribution < 1.29 is 26.7 Å². The van der Waals surface area contributed by atoms with Crippen molar-refractivity contribution in [3.05, 3.63) is 53.6 Å². The maximum absolute atomic E-state index is 13.8. The highest BCUT2D eigenvalue weighted by Crippen LogP contribution is 2.28. The van der Waals surface area contributed by atoms with E-state index in [1.807, 2.05) is 0 Å². The number of benzene rings is 2. The molecule has 2 aromatic rings. The van der Waals surface area contributed by atoms with Crippen LogP contribution in [0.2, 0.25) is 0 Å². The number of anilines is 1. The Labute approximate surface area is 168 Å². The molecule has 0 unspecified atom stereocenters. The number of carbonyl (C=O) groups is 1. The summed E-state index contributed by atoms with van der Waals surface area (Å²) < 4.78 is 59.5. The molecule has 1 amide bonds. The number of sulfonamides is 1. The molecule has 0 bridgehead atoms. The Morgan fingerprint density at radius 3 is 2.66 bits per heavy atom. The highest BCUT2D eigenvalue weighted by Gasteiger charge is 2.33. The molecule has 1 fully saturated rings. The molecule has 0 radical (unpaired) electrons. The molecule has 0 aromatic heterocycles. The van der Waals surface area contributed by atoms with E-state index in [2.05, 4.69) is 5.32 Å². The first-order valence-electron chi connectivity index (χ1n) is 9.13. The van der Waals surface area contributed by atoms with Crippen molar-refractivity contribution >= 4 is 21.6 Å². The SMILES string of the molecule is COc1ccc(S(=O)(=O)N2CCC[C@@H](C(=O)Nc3cc(F)ccc3F)C2)cc1C. The van der Waals surface area contributed by atoms with Gasteiger partial charge in [0, 0.05) is 19.2 Å². The average Bonchev–Trinajstić information content (AvgIpc) is 2.70. The maximum atomic E-state index is 13.8. The number of rotatable bonds is 5. The monoisotopic (exact) mass is 424 g/mol. The summed E-state index contributed by atoms with van der Waals surface area (Å²) in [6.45, 7) is 2.00. The van der Waals surface area contributed by atoms with Gasteiger partial charge < -0.3 is 10.1 Å². The van der Waals surface area contributed by atoms with Crippen molar-refractivity contribution in [1.82, 2.24) is 4.31 Å². The Morgan fingerprint density at radius 1 is 1.21 bits per heavy atom. The molecule has 6 nitrogen and oxygen atoms in total. The Hall–Kier alpha value is -2.52. The third kappa shape index (κ3) is 4.56. The summed E-state index contributed by atoms with van der Waals surface area (Å²) in [5.74, 6) is -2.06. The van der Waals surface area contributed by atoms with Crippen LogP contribution in [0.25, 0.3) is 0 Å². The first-order chi connectivity index (χ1) is 13.7. The fourth-order valence-electron chi connectivity index (χ4n) is 3.36. The van der Waals surface area contributed by atoms with Gasteiger partial charge in [-0.25, -0.2) is 17.2 Å². The first kappa shape index (κ1) is 21.2. The second-order valence-electron chi connectivity index (χ2n) is 6.95. The number of carbonyl (C=O) groups excluding carboxylic acids is 1. The van der Waals surface area contributed by atoms with Gasteiger partial charge in [-0.3, -0.25) is 4.79 Å². The van der Waals surface area contributed by atoms with Gasteiger partial charge in [-0.1, -0.05) is 0 Å². The molecule has 0 aliphatic carbocycles. The van der Waals surface area contributed by atoms with Gasteiger partial charge in [-0.05, 0) is 55.7 Å². The predicted octanol–water partition coefficient (Wildman–Crippen LogP) is 3.32. The molecule has 1 aliphatic heterocycles. The van der Waals surface area contributed by atoms with Gasteiger partial charge in [0.1, 0.15) is 17.4 Å². The molecule has 9 heteroatoms. The van der Waals surface area contributed by atoms with Gasteiger partial charge in [0.2, 0.25) is 15.9 Å². The standard InChI is InChI=1S/C20H22F2N2O4S/c1-13-10-16(6-8-19(13)28-2)29(26,27)24-9-3-4-14(12-24)20(25)23-18-11-15(21)5-7-17(18)22/h5-8,10-11,14H,3-4,9,12H2,1-2H3,(H,23,25)/t14-/m1/s1. The second kappa shape index (κ2) is 8.46. The number of piperidine rings is 1. The van der Waals surface area contributed by atoms with Crippen LogP contribution in [0, 0.1) is 24.5 Å². The quantitative estimate of drug-likeness (QED) is 0.799. The molecule has 0 spiro atoms. The number of methoxy groups -OCH3 is 1. The number of hydrogen-bond acceptors (Lipinski definition) is 4. The van der Waals surface area contributed by atoms with E-state index in [9.17, 15) is 22.0 Å². The number of ether oxygens (including phenoxy) is 1. The van der Waals surface area contributed by atoms with Gasteiger partial charge >= 0.3 is 0 Å². The summed E-state index contributed by atoms with van der Waals surface area (Å²) in [5.41, 5.74) is 0.419. The molecule has 3 rings (SSSR count). The fraction of sp³-hybridized carbons (Fsp3) is 0.350. The topological polar surface area (TPSA) is 75.7 Å². The van der Waals surface area contributed by atoms with Gasteiger partial charge in [-0.15, -0.1) is 0 Å². The maximum Gasteiger partial charge on any atom is 0.243 e. The zero-order valence-corrected chi connectivity index (χ0v) is 16.9. The van der Waals surface area contributed by atoms with Crippen molar-refractivity contribution in [2.24, 2.45) is 5.92 Å². The molecule has 1 N–H and O–H groups in total. The molecule has 2 aromatic carbocycles. The highest BCUT2D eigenvalue weighted by atomic mass is 32.2. The first-order valence-corrected chi connectivity index (χ1v) is 10.6. The Bertz CT molecular complexity index is 1030. The minimum absolute atomic E-state index is 0.0316. The van der Waals surface area contributed by atoms with Crippen molar-refractivity contribution in [1.29, 1.82) is 0 Å². The molecule has 1 atom stereocenters. The van der Waals surface area contributed by atoms with Crippen LogP contribution >= 0.6 is 0 Å². The molecule has 1 aliphatic rings. The van der Waals surface area contributed by atoms with E-state index in [-0.39, 0.29) is 23.7 Å². The third-order valence-electron chi connectivity index (χ3n) is 4.95. The van der Waals surface area contributed by atoms with Crippen LogP contribution in [0.4, 0.5) is 14.5 Å². The number of nitrogens with one attached hydrogen (secondary N) is 1. The highest BCUT2D eigenvalue weighted by molar-refractivity contribution is 7.89. The summed E-state index contributed by atoms with van der Waals surface area (Å²) in [5, 5.41) is 2.36. The van der Waals surface area contributed by atoms with Crippen molar-refractivity contribution in [3.8, 4) is 5.75 Å². The average molecular weight is 424 g/mol. The molecule has 29 heavy (non-hydrogen) atoms. The number of aryl methyl sites for hydroxylation is 1. The summed E-state index contributed by atoms with van der Waals surface area (Å²) in [7, 11) is -2.29. The summed E-state index contributed by atoms with van der Waals surface area (Å²) >= 11 is 0. The van der Waals surface area contributed by atoms with E-state index in [0.29, 0.717) is 24.2 Å². The predicted molar refractivity (Wildman–Crippen MR) is 104 cm³/mol. The number of amides is 1. The molecule has 0 saturated carbocycles. The lowest BCUT2D eigenvalue weighted by molar-refractivity contribution is -0.120. The lowest BCUT2D eigenvalue weighted by Gasteiger charge is -2.31. The van der Waals surface area contributed by atoms with E-state index in [1.165, 1.54) is 23.5 Å². The largest absolute Gasteiger partial charge is 0.496 e. The number of halogens is 2. The molecular weight excluding hydrogens is 402 g/mol. The Morgan fingerprint density at radius 2 is 1.97 bits per heavy atom. The number of hydrogen-bond donors (Lipinski definition) is 1. The van der Waals surface area contributed by atoms with Crippen LogP contribution < -0.4 is 10.1 Å². The van der Waals surface area contributed by atoms with Crippen LogP contribution in [0.3, 0.4) is 0 Å². The van der Waals surface area contributed by atoms with E-state index in [0.717, 1.165) is 18.2 Å². The van der Waals surface area contributed by atoms with Crippen LogP contribution in [0.5, 0.6) is 5.75 Å².